The van der Waals surface area contributed by atoms with Gasteiger partial charge in [-0.1, -0.05) is 11.6 Å². The summed E-state index contributed by atoms with van der Waals surface area (Å²) in [6.45, 7) is 0.722. The lowest BCUT2D eigenvalue weighted by Gasteiger charge is -2.03. The van der Waals surface area contributed by atoms with Crippen LogP contribution >= 0.6 is 11.6 Å². The predicted octanol–water partition coefficient (Wildman–Crippen LogP) is 2.94. The first-order valence-electron chi connectivity index (χ1n) is 4.21. The molecule has 3 nitrogen and oxygen atoms in total. The van der Waals surface area contributed by atoms with E-state index in [0.717, 1.165) is 17.8 Å². The van der Waals surface area contributed by atoms with Crippen molar-refractivity contribution in [1.82, 2.24) is 4.98 Å². The van der Waals surface area contributed by atoms with Crippen LogP contribution in [0.2, 0.25) is 5.15 Å². The second-order valence-corrected chi connectivity index (χ2v) is 3.24. The first-order valence-corrected chi connectivity index (χ1v) is 4.59. The minimum atomic E-state index is 0.499. The molecule has 2 aromatic heterocycles. The lowest BCUT2D eigenvalue weighted by atomic mass is 10.3. The zero-order valence-corrected chi connectivity index (χ0v) is 8.16. The van der Waals surface area contributed by atoms with Gasteiger partial charge in [-0.25, -0.2) is 4.98 Å². The molecule has 0 radical (unpaired) electrons. The van der Waals surface area contributed by atoms with Crippen molar-refractivity contribution in [3.63, 3.8) is 0 Å². The highest BCUT2D eigenvalue weighted by atomic mass is 35.5. The van der Waals surface area contributed by atoms with Gasteiger partial charge in [0.2, 0.25) is 0 Å². The molecule has 0 atom stereocenters. The van der Waals surface area contributed by atoms with E-state index in [1.165, 1.54) is 0 Å². The number of nitrogens with zero attached hydrogens (tertiary/aromatic N) is 1. The van der Waals surface area contributed by atoms with Crippen LogP contribution in [0.1, 0.15) is 5.56 Å². The van der Waals surface area contributed by atoms with Crippen molar-refractivity contribution in [3.05, 3.63) is 47.6 Å². The standard InChI is InChI=1S/C10H9ClN2O/c11-10-2-1-9(6-13-10)12-5-8-3-4-14-7-8/h1-4,6-7,12H,5H2. The molecule has 2 rings (SSSR count). The van der Waals surface area contributed by atoms with Gasteiger partial charge in [0.1, 0.15) is 5.15 Å². The molecular formula is C10H9ClN2O. The van der Waals surface area contributed by atoms with Gasteiger partial charge in [0, 0.05) is 12.1 Å². The highest BCUT2D eigenvalue weighted by molar-refractivity contribution is 6.29. The molecule has 72 valence electrons. The number of pyridine rings is 1. The van der Waals surface area contributed by atoms with Crippen molar-refractivity contribution in [2.24, 2.45) is 0 Å². The third-order valence-electron chi connectivity index (χ3n) is 1.80. The third-order valence-corrected chi connectivity index (χ3v) is 2.03. The van der Waals surface area contributed by atoms with Gasteiger partial charge in [-0.15, -0.1) is 0 Å². The maximum Gasteiger partial charge on any atom is 0.129 e. The van der Waals surface area contributed by atoms with E-state index in [0.29, 0.717) is 5.15 Å². The van der Waals surface area contributed by atoms with Gasteiger partial charge in [0.15, 0.2) is 0 Å². The molecule has 4 heteroatoms. The van der Waals surface area contributed by atoms with E-state index >= 15 is 0 Å². The molecule has 2 aromatic rings. The summed E-state index contributed by atoms with van der Waals surface area (Å²) in [5, 5.41) is 3.69. The SMILES string of the molecule is Clc1ccc(NCc2ccoc2)cn1. The molecule has 14 heavy (non-hydrogen) atoms. The van der Waals surface area contributed by atoms with Gasteiger partial charge < -0.3 is 9.73 Å². The fourth-order valence-electron chi connectivity index (χ4n) is 1.08. The van der Waals surface area contributed by atoms with E-state index in [4.69, 9.17) is 16.0 Å². The van der Waals surface area contributed by atoms with Gasteiger partial charge >= 0.3 is 0 Å². The Morgan fingerprint density at radius 1 is 1.36 bits per heavy atom. The number of hydrogen-bond acceptors (Lipinski definition) is 3. The number of aromatic nitrogens is 1. The fraction of sp³-hybridized carbons (Fsp3) is 0.100. The van der Waals surface area contributed by atoms with Crippen molar-refractivity contribution >= 4 is 17.3 Å². The Hall–Kier alpha value is -1.48. The molecule has 0 saturated heterocycles. The molecule has 0 spiro atoms. The van der Waals surface area contributed by atoms with Crippen molar-refractivity contribution in [2.75, 3.05) is 5.32 Å². The van der Waals surface area contributed by atoms with Crippen molar-refractivity contribution in [2.45, 2.75) is 6.54 Å². The van der Waals surface area contributed by atoms with Crippen LogP contribution in [0, 0.1) is 0 Å². The van der Waals surface area contributed by atoms with Crippen LogP contribution in [0.5, 0.6) is 0 Å². The average molecular weight is 209 g/mol. The molecule has 0 fully saturated rings. The van der Waals surface area contributed by atoms with E-state index < -0.39 is 0 Å². The predicted molar refractivity (Wildman–Crippen MR) is 55.3 cm³/mol. The van der Waals surface area contributed by atoms with E-state index in [2.05, 4.69) is 10.3 Å². The molecule has 0 aliphatic rings. The van der Waals surface area contributed by atoms with Crippen LogP contribution in [-0.4, -0.2) is 4.98 Å². The summed E-state index contributed by atoms with van der Waals surface area (Å²) in [4.78, 5) is 3.96. The summed E-state index contributed by atoms with van der Waals surface area (Å²) in [5.41, 5.74) is 2.04. The first-order chi connectivity index (χ1) is 6.84. The summed E-state index contributed by atoms with van der Waals surface area (Å²) in [6.07, 6.45) is 5.05. The lowest BCUT2D eigenvalue weighted by molar-refractivity contribution is 0.564. The second kappa shape index (κ2) is 4.15. The summed E-state index contributed by atoms with van der Waals surface area (Å²) >= 11 is 5.66. The van der Waals surface area contributed by atoms with Crippen LogP contribution < -0.4 is 5.32 Å². The number of halogens is 1. The minimum Gasteiger partial charge on any atom is -0.472 e. The quantitative estimate of drug-likeness (QED) is 0.789. The largest absolute Gasteiger partial charge is 0.472 e. The zero-order valence-electron chi connectivity index (χ0n) is 7.40. The van der Waals surface area contributed by atoms with E-state index in [1.54, 1.807) is 24.8 Å². The van der Waals surface area contributed by atoms with Crippen molar-refractivity contribution in [3.8, 4) is 0 Å². The van der Waals surface area contributed by atoms with E-state index in [1.807, 2.05) is 12.1 Å². The summed E-state index contributed by atoms with van der Waals surface area (Å²) in [6, 6.07) is 5.55. The Labute approximate surface area is 86.7 Å². The van der Waals surface area contributed by atoms with Gasteiger partial charge in [0.25, 0.3) is 0 Å². The molecule has 2 heterocycles. The van der Waals surface area contributed by atoms with Crippen LogP contribution in [0.15, 0.2) is 41.3 Å². The summed E-state index contributed by atoms with van der Waals surface area (Å²) in [7, 11) is 0. The van der Waals surface area contributed by atoms with E-state index in [-0.39, 0.29) is 0 Å². The van der Waals surface area contributed by atoms with Gasteiger partial charge in [0.05, 0.1) is 24.4 Å². The number of furan rings is 1. The van der Waals surface area contributed by atoms with Crippen molar-refractivity contribution < 1.29 is 4.42 Å². The topological polar surface area (TPSA) is 38.1 Å². The Balaban J connectivity index is 1.95. The average Bonchev–Trinajstić information content (AvgIpc) is 2.70. The number of rotatable bonds is 3. The molecular weight excluding hydrogens is 200 g/mol. The fourth-order valence-corrected chi connectivity index (χ4v) is 1.19. The molecule has 1 N–H and O–H groups in total. The van der Waals surface area contributed by atoms with Crippen LogP contribution in [0.4, 0.5) is 5.69 Å². The summed E-state index contributed by atoms with van der Waals surface area (Å²) < 4.78 is 4.95. The van der Waals surface area contributed by atoms with Crippen molar-refractivity contribution in [1.29, 1.82) is 0 Å². The number of anilines is 1. The second-order valence-electron chi connectivity index (χ2n) is 2.85. The highest BCUT2D eigenvalue weighted by Gasteiger charge is 1.95. The maximum atomic E-state index is 5.66. The molecule has 0 aliphatic heterocycles. The van der Waals surface area contributed by atoms with Crippen LogP contribution in [0.25, 0.3) is 0 Å². The molecule has 0 amide bonds. The Bertz CT molecular complexity index is 383. The lowest BCUT2D eigenvalue weighted by Crippen LogP contribution is -1.97. The Morgan fingerprint density at radius 2 is 2.29 bits per heavy atom. The third kappa shape index (κ3) is 2.26. The van der Waals surface area contributed by atoms with E-state index in [9.17, 15) is 0 Å². The first kappa shape index (κ1) is 9.09. The van der Waals surface area contributed by atoms with Gasteiger partial charge in [-0.3, -0.25) is 0 Å². The minimum absolute atomic E-state index is 0.499. The Kier molecular flexibility index (Phi) is 2.70. The van der Waals surface area contributed by atoms with Crippen LogP contribution in [0.3, 0.4) is 0 Å². The summed E-state index contributed by atoms with van der Waals surface area (Å²) in [5.74, 6) is 0. The maximum absolute atomic E-state index is 5.66. The Morgan fingerprint density at radius 3 is 2.93 bits per heavy atom. The molecule has 0 unspecified atom stereocenters. The molecule has 0 saturated carbocycles. The number of nitrogens with one attached hydrogen (secondary N) is 1. The highest BCUT2D eigenvalue weighted by Crippen LogP contribution is 2.11. The van der Waals surface area contributed by atoms with Gasteiger partial charge in [-0.05, 0) is 18.2 Å². The zero-order chi connectivity index (χ0) is 9.80. The van der Waals surface area contributed by atoms with Crippen LogP contribution in [-0.2, 0) is 6.54 Å². The molecule has 0 aliphatic carbocycles. The van der Waals surface area contributed by atoms with Gasteiger partial charge in [-0.2, -0.15) is 0 Å². The monoisotopic (exact) mass is 208 g/mol. The molecule has 0 bridgehead atoms. The smallest absolute Gasteiger partial charge is 0.129 e. The number of hydrogen-bond donors (Lipinski definition) is 1. The molecule has 0 aromatic carbocycles. The normalized spacial score (nSPS) is 10.1.